The molecule has 0 aliphatic carbocycles. The first-order valence-corrected chi connectivity index (χ1v) is 9.43. The van der Waals surface area contributed by atoms with Crippen LogP contribution in [0.25, 0.3) is 0 Å². The molecule has 3 amide bonds. The van der Waals surface area contributed by atoms with Crippen molar-refractivity contribution >= 4 is 40.8 Å². The van der Waals surface area contributed by atoms with Gasteiger partial charge in [-0.1, -0.05) is 29.8 Å². The van der Waals surface area contributed by atoms with Gasteiger partial charge in [0, 0.05) is 29.5 Å². The van der Waals surface area contributed by atoms with Crippen LogP contribution in [0.2, 0.25) is 5.02 Å². The van der Waals surface area contributed by atoms with Crippen LogP contribution in [0.15, 0.2) is 60.8 Å². The first-order chi connectivity index (χ1) is 14.0. The summed E-state index contributed by atoms with van der Waals surface area (Å²) < 4.78 is 1.65. The van der Waals surface area contributed by atoms with E-state index in [1.165, 1.54) is 0 Å². The summed E-state index contributed by atoms with van der Waals surface area (Å²) in [4.78, 5) is 37.4. The van der Waals surface area contributed by atoms with E-state index in [4.69, 9.17) is 11.6 Å². The van der Waals surface area contributed by atoms with Gasteiger partial charge in [0.05, 0.1) is 18.4 Å². The fourth-order valence-corrected chi connectivity index (χ4v) is 3.36. The fourth-order valence-electron chi connectivity index (χ4n) is 3.17. The predicted molar refractivity (Wildman–Crippen MR) is 109 cm³/mol. The molecule has 1 aliphatic heterocycles. The molecule has 0 spiro atoms. The molecule has 0 atom stereocenters. The molecule has 29 heavy (non-hydrogen) atoms. The lowest BCUT2D eigenvalue weighted by molar-refractivity contribution is -0.121. The van der Waals surface area contributed by atoms with E-state index in [0.717, 1.165) is 10.5 Å². The molecule has 2 aromatic carbocycles. The average molecular weight is 409 g/mol. The highest BCUT2D eigenvalue weighted by molar-refractivity contribution is 6.31. The standard InChI is InChI=1S/C21H17ClN4O3/c22-17-4-2-1-3-15(17)13-25-18(11-12-23-25)24-21(29)14-5-7-16(8-6-14)26-19(27)9-10-20(26)28/h1-8,11-12H,9-10,13H2,(H,24,29). The second kappa shape index (κ2) is 7.89. The molecule has 4 rings (SSSR count). The van der Waals surface area contributed by atoms with Crippen molar-refractivity contribution in [2.75, 3.05) is 10.2 Å². The third kappa shape index (κ3) is 3.90. The van der Waals surface area contributed by atoms with Crippen molar-refractivity contribution in [1.82, 2.24) is 9.78 Å². The van der Waals surface area contributed by atoms with Crippen LogP contribution in [0.4, 0.5) is 11.5 Å². The van der Waals surface area contributed by atoms with Gasteiger partial charge in [0.1, 0.15) is 5.82 Å². The van der Waals surface area contributed by atoms with E-state index >= 15 is 0 Å². The van der Waals surface area contributed by atoms with Crippen LogP contribution in [0.1, 0.15) is 28.8 Å². The zero-order valence-corrected chi connectivity index (χ0v) is 16.1. The molecule has 3 aromatic rings. The number of nitrogens with one attached hydrogen (secondary N) is 1. The third-order valence-corrected chi connectivity index (χ3v) is 5.04. The number of aromatic nitrogens is 2. The maximum Gasteiger partial charge on any atom is 0.256 e. The zero-order valence-electron chi connectivity index (χ0n) is 15.3. The molecule has 0 radical (unpaired) electrons. The van der Waals surface area contributed by atoms with Crippen molar-refractivity contribution in [2.45, 2.75) is 19.4 Å². The van der Waals surface area contributed by atoms with Gasteiger partial charge in [-0.3, -0.25) is 19.3 Å². The van der Waals surface area contributed by atoms with E-state index in [-0.39, 0.29) is 30.6 Å². The lowest BCUT2D eigenvalue weighted by Crippen LogP contribution is -2.28. The monoisotopic (exact) mass is 408 g/mol. The average Bonchev–Trinajstić information content (AvgIpc) is 3.29. The van der Waals surface area contributed by atoms with Crippen LogP contribution in [0, 0.1) is 0 Å². The fraction of sp³-hybridized carbons (Fsp3) is 0.143. The van der Waals surface area contributed by atoms with E-state index in [9.17, 15) is 14.4 Å². The quantitative estimate of drug-likeness (QED) is 0.655. The number of rotatable bonds is 5. The molecule has 8 heteroatoms. The molecule has 0 saturated carbocycles. The number of halogens is 1. The Morgan fingerprint density at radius 1 is 1.00 bits per heavy atom. The second-order valence-electron chi connectivity index (χ2n) is 6.59. The Morgan fingerprint density at radius 2 is 1.69 bits per heavy atom. The molecule has 1 fully saturated rings. The molecule has 146 valence electrons. The maximum absolute atomic E-state index is 12.6. The lowest BCUT2D eigenvalue weighted by atomic mass is 10.2. The Balaban J connectivity index is 1.48. The van der Waals surface area contributed by atoms with Crippen molar-refractivity contribution in [3.05, 3.63) is 76.9 Å². The summed E-state index contributed by atoms with van der Waals surface area (Å²) in [5, 5.41) is 7.69. The highest BCUT2D eigenvalue weighted by atomic mass is 35.5. The molecule has 2 heterocycles. The summed E-state index contributed by atoms with van der Waals surface area (Å²) in [5.41, 5.74) is 1.76. The van der Waals surface area contributed by atoms with E-state index in [1.807, 2.05) is 18.2 Å². The number of amides is 3. The predicted octanol–water partition coefficient (Wildman–Crippen LogP) is 3.49. The van der Waals surface area contributed by atoms with E-state index < -0.39 is 0 Å². The highest BCUT2D eigenvalue weighted by Crippen LogP contribution is 2.23. The second-order valence-corrected chi connectivity index (χ2v) is 7.00. The number of hydrogen-bond acceptors (Lipinski definition) is 4. The van der Waals surface area contributed by atoms with Crippen molar-refractivity contribution < 1.29 is 14.4 Å². The summed E-state index contributed by atoms with van der Waals surface area (Å²) in [6, 6.07) is 15.5. The lowest BCUT2D eigenvalue weighted by Gasteiger charge is -2.14. The summed E-state index contributed by atoms with van der Waals surface area (Å²) in [6.07, 6.45) is 2.03. The normalized spacial score (nSPS) is 13.8. The molecule has 1 saturated heterocycles. The number of carbonyl (C=O) groups is 3. The van der Waals surface area contributed by atoms with Gasteiger partial charge in [-0.2, -0.15) is 5.10 Å². The number of hydrogen-bond donors (Lipinski definition) is 1. The Labute approximate surface area is 171 Å². The summed E-state index contributed by atoms with van der Waals surface area (Å²) in [7, 11) is 0. The third-order valence-electron chi connectivity index (χ3n) is 4.68. The van der Waals surface area contributed by atoms with Gasteiger partial charge in [0.15, 0.2) is 0 Å². The first kappa shape index (κ1) is 18.9. The molecule has 1 aromatic heterocycles. The van der Waals surface area contributed by atoms with Crippen LogP contribution < -0.4 is 10.2 Å². The van der Waals surface area contributed by atoms with Gasteiger partial charge in [0.25, 0.3) is 5.91 Å². The van der Waals surface area contributed by atoms with Crippen molar-refractivity contribution in [3.8, 4) is 0 Å². The van der Waals surface area contributed by atoms with E-state index in [1.54, 1.807) is 47.3 Å². The molecular formula is C21H17ClN4O3. The van der Waals surface area contributed by atoms with Crippen molar-refractivity contribution in [3.63, 3.8) is 0 Å². The smallest absolute Gasteiger partial charge is 0.256 e. The van der Waals surface area contributed by atoms with Gasteiger partial charge in [-0.15, -0.1) is 0 Å². The molecular weight excluding hydrogens is 392 g/mol. The Hall–Kier alpha value is -3.45. The van der Waals surface area contributed by atoms with Crippen molar-refractivity contribution in [1.29, 1.82) is 0 Å². The minimum Gasteiger partial charge on any atom is -0.307 e. The number of nitrogens with zero attached hydrogens (tertiary/aromatic N) is 3. The Kier molecular flexibility index (Phi) is 5.14. The Bertz CT molecular complexity index is 1080. The van der Waals surface area contributed by atoms with Gasteiger partial charge in [-0.25, -0.2) is 4.68 Å². The van der Waals surface area contributed by atoms with E-state index in [2.05, 4.69) is 10.4 Å². The summed E-state index contributed by atoms with van der Waals surface area (Å²) in [5.74, 6) is -0.244. The van der Waals surface area contributed by atoms with E-state index in [0.29, 0.717) is 28.6 Å². The minimum absolute atomic E-state index is 0.219. The number of imide groups is 1. The molecule has 7 nitrogen and oxygen atoms in total. The number of anilines is 2. The van der Waals surface area contributed by atoms with Crippen LogP contribution in [-0.4, -0.2) is 27.5 Å². The van der Waals surface area contributed by atoms with Crippen molar-refractivity contribution in [2.24, 2.45) is 0 Å². The van der Waals surface area contributed by atoms with Crippen LogP contribution >= 0.6 is 11.6 Å². The topological polar surface area (TPSA) is 84.3 Å². The van der Waals surface area contributed by atoms with Gasteiger partial charge in [0.2, 0.25) is 11.8 Å². The number of carbonyl (C=O) groups excluding carboxylic acids is 3. The largest absolute Gasteiger partial charge is 0.307 e. The molecule has 1 N–H and O–H groups in total. The maximum atomic E-state index is 12.6. The Morgan fingerprint density at radius 3 is 2.38 bits per heavy atom. The highest BCUT2D eigenvalue weighted by Gasteiger charge is 2.30. The van der Waals surface area contributed by atoms with Gasteiger partial charge < -0.3 is 5.32 Å². The van der Waals surface area contributed by atoms with Crippen LogP contribution in [-0.2, 0) is 16.1 Å². The van der Waals surface area contributed by atoms with Gasteiger partial charge in [-0.05, 0) is 35.9 Å². The first-order valence-electron chi connectivity index (χ1n) is 9.05. The van der Waals surface area contributed by atoms with Crippen LogP contribution in [0.3, 0.4) is 0 Å². The zero-order chi connectivity index (χ0) is 20.4. The summed E-state index contributed by atoms with van der Waals surface area (Å²) in [6.45, 7) is 0.417. The van der Waals surface area contributed by atoms with Crippen LogP contribution in [0.5, 0.6) is 0 Å². The molecule has 0 bridgehead atoms. The molecule has 0 unspecified atom stereocenters. The molecule has 1 aliphatic rings. The minimum atomic E-state index is -0.323. The van der Waals surface area contributed by atoms with Gasteiger partial charge >= 0.3 is 0 Å². The SMILES string of the molecule is O=C(Nc1ccnn1Cc1ccccc1Cl)c1ccc(N2C(=O)CCC2=O)cc1. The summed E-state index contributed by atoms with van der Waals surface area (Å²) >= 11 is 6.20. The number of benzene rings is 2.